The van der Waals surface area contributed by atoms with Crippen LogP contribution in [0.1, 0.15) is 0 Å². The lowest BCUT2D eigenvalue weighted by molar-refractivity contribution is 0.680. The van der Waals surface area contributed by atoms with E-state index in [0.29, 0.717) is 15.6 Å². The zero-order valence-electron chi connectivity index (χ0n) is 8.74. The number of halogens is 1. The standard InChI is InChI=1S/C10H6ClN3O3S/c11-4-1-2-6-5(3-4)12-7-8(18(6)17)10(16)14-13-9(7)15/h1-3,12H,(H,13,15)(H,14,16). The van der Waals surface area contributed by atoms with Crippen LogP contribution in [0.25, 0.3) is 0 Å². The van der Waals surface area contributed by atoms with Crippen molar-refractivity contribution in [2.75, 3.05) is 5.32 Å². The van der Waals surface area contributed by atoms with Gasteiger partial charge in [-0.25, -0.2) is 4.21 Å². The van der Waals surface area contributed by atoms with Gasteiger partial charge in [-0.15, -0.1) is 0 Å². The monoisotopic (exact) mass is 283 g/mol. The van der Waals surface area contributed by atoms with Gasteiger partial charge in [-0.3, -0.25) is 19.8 Å². The highest BCUT2D eigenvalue weighted by molar-refractivity contribution is 7.85. The summed E-state index contributed by atoms with van der Waals surface area (Å²) in [5.41, 5.74) is -0.670. The third-order valence-electron chi connectivity index (χ3n) is 2.54. The van der Waals surface area contributed by atoms with E-state index in [1.165, 1.54) is 0 Å². The van der Waals surface area contributed by atoms with Gasteiger partial charge in [-0.1, -0.05) is 11.6 Å². The molecule has 1 atom stereocenters. The molecule has 8 heteroatoms. The van der Waals surface area contributed by atoms with E-state index in [4.69, 9.17) is 11.6 Å². The van der Waals surface area contributed by atoms with Gasteiger partial charge in [-0.05, 0) is 18.2 Å². The Morgan fingerprint density at radius 2 is 1.83 bits per heavy atom. The number of H-pyrrole nitrogens is 2. The van der Waals surface area contributed by atoms with Crippen molar-refractivity contribution in [1.29, 1.82) is 0 Å². The summed E-state index contributed by atoms with van der Waals surface area (Å²) in [7, 11) is -1.71. The van der Waals surface area contributed by atoms with Gasteiger partial charge < -0.3 is 5.32 Å². The third kappa shape index (κ3) is 1.52. The van der Waals surface area contributed by atoms with Gasteiger partial charge in [0.15, 0.2) is 0 Å². The second kappa shape index (κ2) is 3.82. The first kappa shape index (κ1) is 11.2. The number of nitrogens with one attached hydrogen (secondary N) is 3. The Morgan fingerprint density at radius 3 is 2.61 bits per heavy atom. The van der Waals surface area contributed by atoms with E-state index in [1.807, 2.05) is 0 Å². The van der Waals surface area contributed by atoms with Crippen molar-refractivity contribution < 1.29 is 4.21 Å². The van der Waals surface area contributed by atoms with E-state index < -0.39 is 21.9 Å². The summed E-state index contributed by atoms with van der Waals surface area (Å²) in [6.45, 7) is 0. The van der Waals surface area contributed by atoms with E-state index in [2.05, 4.69) is 15.5 Å². The predicted molar refractivity (Wildman–Crippen MR) is 67.1 cm³/mol. The minimum Gasteiger partial charge on any atom is -0.349 e. The Hall–Kier alpha value is -1.86. The third-order valence-corrected chi connectivity index (χ3v) is 4.29. The number of fused-ring (bicyclic) bond motifs is 2. The van der Waals surface area contributed by atoms with E-state index in [9.17, 15) is 13.8 Å². The Labute approximate surface area is 107 Å². The molecule has 3 rings (SSSR count). The minimum atomic E-state index is -1.71. The average Bonchev–Trinajstić information content (AvgIpc) is 2.33. The molecule has 0 aliphatic carbocycles. The molecule has 0 radical (unpaired) electrons. The molecule has 0 spiro atoms. The lowest BCUT2D eigenvalue weighted by atomic mass is 10.3. The lowest BCUT2D eigenvalue weighted by Crippen LogP contribution is -2.29. The first-order chi connectivity index (χ1) is 8.58. The van der Waals surface area contributed by atoms with Gasteiger partial charge in [0.1, 0.15) is 10.6 Å². The zero-order chi connectivity index (χ0) is 12.9. The topological polar surface area (TPSA) is 94.8 Å². The molecule has 18 heavy (non-hydrogen) atoms. The molecule has 2 aromatic rings. The van der Waals surface area contributed by atoms with E-state index >= 15 is 0 Å². The first-order valence-corrected chi connectivity index (χ1v) is 6.44. The molecule has 1 aromatic carbocycles. The summed E-state index contributed by atoms with van der Waals surface area (Å²) in [4.78, 5) is 23.6. The smallest absolute Gasteiger partial charge is 0.287 e. The van der Waals surface area contributed by atoms with E-state index in [1.54, 1.807) is 18.2 Å². The maximum atomic E-state index is 12.2. The summed E-state index contributed by atoms with van der Waals surface area (Å²) in [5.74, 6) is 0. The molecule has 0 bridgehead atoms. The van der Waals surface area contributed by atoms with E-state index in [-0.39, 0.29) is 10.6 Å². The quantitative estimate of drug-likeness (QED) is 0.572. The predicted octanol–water partition coefficient (Wildman–Crippen LogP) is 0.940. The molecule has 0 fully saturated rings. The number of aromatic nitrogens is 2. The highest BCUT2D eigenvalue weighted by Crippen LogP contribution is 2.34. The molecule has 0 amide bonds. The molecule has 0 saturated carbocycles. The number of aromatic amines is 2. The summed E-state index contributed by atoms with van der Waals surface area (Å²) in [6, 6.07) is 4.69. The fourth-order valence-corrected chi connectivity index (χ4v) is 3.19. The number of rotatable bonds is 0. The van der Waals surface area contributed by atoms with Gasteiger partial charge >= 0.3 is 0 Å². The van der Waals surface area contributed by atoms with Crippen LogP contribution in [0, 0.1) is 0 Å². The van der Waals surface area contributed by atoms with Crippen molar-refractivity contribution in [1.82, 2.24) is 10.2 Å². The minimum absolute atomic E-state index is 0.00755. The van der Waals surface area contributed by atoms with Crippen LogP contribution in [0.2, 0.25) is 5.02 Å². The normalized spacial score (nSPS) is 16.6. The van der Waals surface area contributed by atoms with Crippen molar-refractivity contribution in [2.24, 2.45) is 0 Å². The number of benzene rings is 1. The lowest BCUT2D eigenvalue weighted by Gasteiger charge is -2.18. The molecule has 1 aromatic heterocycles. The maximum Gasteiger partial charge on any atom is 0.287 e. The van der Waals surface area contributed by atoms with Crippen LogP contribution < -0.4 is 16.4 Å². The van der Waals surface area contributed by atoms with Gasteiger partial charge in [-0.2, -0.15) is 0 Å². The zero-order valence-corrected chi connectivity index (χ0v) is 10.3. The fourth-order valence-electron chi connectivity index (χ4n) is 1.75. The van der Waals surface area contributed by atoms with Crippen LogP contribution in [-0.2, 0) is 10.8 Å². The first-order valence-electron chi connectivity index (χ1n) is 4.91. The molecule has 92 valence electrons. The Kier molecular flexibility index (Phi) is 2.39. The SMILES string of the molecule is O=c1[nH][nH]c(=O)c2c1Nc1cc(Cl)ccc1S2=O. The Morgan fingerprint density at radius 1 is 1.11 bits per heavy atom. The van der Waals surface area contributed by atoms with Crippen molar-refractivity contribution in [3.63, 3.8) is 0 Å². The largest absolute Gasteiger partial charge is 0.349 e. The molecule has 3 N–H and O–H groups in total. The molecule has 1 aliphatic heterocycles. The van der Waals surface area contributed by atoms with Crippen LogP contribution in [0.5, 0.6) is 0 Å². The highest BCUT2D eigenvalue weighted by atomic mass is 35.5. The molecule has 6 nitrogen and oxygen atoms in total. The number of hydrogen-bond donors (Lipinski definition) is 3. The molecule has 0 saturated heterocycles. The van der Waals surface area contributed by atoms with E-state index in [0.717, 1.165) is 0 Å². The molecule has 1 aliphatic rings. The fraction of sp³-hybridized carbons (Fsp3) is 0. The van der Waals surface area contributed by atoms with Crippen molar-refractivity contribution in [3.05, 3.63) is 43.9 Å². The van der Waals surface area contributed by atoms with Gasteiger partial charge in [0.25, 0.3) is 11.1 Å². The molecular formula is C10H6ClN3O3S. The van der Waals surface area contributed by atoms with Crippen LogP contribution in [0.15, 0.2) is 37.6 Å². The van der Waals surface area contributed by atoms with Crippen molar-refractivity contribution in [2.45, 2.75) is 9.79 Å². The van der Waals surface area contributed by atoms with Crippen LogP contribution in [-0.4, -0.2) is 14.4 Å². The summed E-state index contributed by atoms with van der Waals surface area (Å²) < 4.78 is 12.2. The Bertz CT molecular complexity index is 796. The second-order valence-corrected chi connectivity index (χ2v) is 5.47. The van der Waals surface area contributed by atoms with Crippen LogP contribution >= 0.6 is 11.6 Å². The molecule has 2 heterocycles. The Balaban J connectivity index is 2.35. The van der Waals surface area contributed by atoms with Crippen LogP contribution in [0.4, 0.5) is 11.4 Å². The highest BCUT2D eigenvalue weighted by Gasteiger charge is 2.27. The summed E-state index contributed by atoms with van der Waals surface area (Å²) in [5, 5.41) is 7.55. The van der Waals surface area contributed by atoms with Gasteiger partial charge in [0.05, 0.1) is 21.4 Å². The van der Waals surface area contributed by atoms with Crippen molar-refractivity contribution in [3.8, 4) is 0 Å². The van der Waals surface area contributed by atoms with Gasteiger partial charge in [0.2, 0.25) is 0 Å². The average molecular weight is 284 g/mol. The molecule has 1 unspecified atom stereocenters. The maximum absolute atomic E-state index is 12.2. The summed E-state index contributed by atoms with van der Waals surface area (Å²) in [6.07, 6.45) is 0. The molecular weight excluding hydrogens is 278 g/mol. The van der Waals surface area contributed by atoms with Gasteiger partial charge in [0, 0.05) is 5.02 Å². The summed E-state index contributed by atoms with van der Waals surface area (Å²) >= 11 is 5.83. The second-order valence-electron chi connectivity index (χ2n) is 3.65. The van der Waals surface area contributed by atoms with Crippen LogP contribution in [0.3, 0.4) is 0 Å². The number of anilines is 2. The van der Waals surface area contributed by atoms with Crippen molar-refractivity contribution >= 4 is 33.8 Å². The number of hydrogen-bond acceptors (Lipinski definition) is 4.